The fourth-order valence-electron chi connectivity index (χ4n) is 1.75. The minimum atomic E-state index is -0.525. The summed E-state index contributed by atoms with van der Waals surface area (Å²) in [5.41, 5.74) is 2.15. The molecular formula is C17H22O4. The van der Waals surface area contributed by atoms with E-state index in [1.807, 2.05) is 45.9 Å². The predicted molar refractivity (Wildman–Crippen MR) is 81.8 cm³/mol. The summed E-state index contributed by atoms with van der Waals surface area (Å²) in [4.78, 5) is 23.1. The maximum Gasteiger partial charge on any atom is 0.331 e. The molecule has 0 atom stereocenters. The van der Waals surface area contributed by atoms with Gasteiger partial charge in [0.15, 0.2) is 0 Å². The van der Waals surface area contributed by atoms with Crippen molar-refractivity contribution in [2.75, 3.05) is 7.11 Å². The van der Waals surface area contributed by atoms with Crippen LogP contribution in [0.3, 0.4) is 0 Å². The molecule has 114 valence electrons. The first-order valence-corrected chi connectivity index (χ1v) is 6.78. The zero-order valence-electron chi connectivity index (χ0n) is 13.2. The number of hydrogen-bond donors (Lipinski definition) is 0. The molecule has 0 aliphatic rings. The van der Waals surface area contributed by atoms with Crippen LogP contribution < -0.4 is 0 Å². The van der Waals surface area contributed by atoms with Crippen LogP contribution in [0.5, 0.6) is 0 Å². The van der Waals surface area contributed by atoms with E-state index in [9.17, 15) is 9.59 Å². The third kappa shape index (κ3) is 6.25. The van der Waals surface area contributed by atoms with Gasteiger partial charge >= 0.3 is 11.9 Å². The van der Waals surface area contributed by atoms with Crippen molar-refractivity contribution in [1.82, 2.24) is 0 Å². The van der Waals surface area contributed by atoms with Crippen LogP contribution in [0.2, 0.25) is 0 Å². The molecule has 0 aliphatic carbocycles. The van der Waals surface area contributed by atoms with Gasteiger partial charge in [-0.05, 0) is 44.9 Å². The molecule has 4 heteroatoms. The number of carbonyl (C=O) groups is 2. The molecular weight excluding hydrogens is 268 g/mol. The van der Waals surface area contributed by atoms with Gasteiger partial charge < -0.3 is 9.47 Å². The van der Waals surface area contributed by atoms with Crippen molar-refractivity contribution in [2.45, 2.75) is 39.7 Å². The van der Waals surface area contributed by atoms with Crippen LogP contribution in [0.1, 0.15) is 37.5 Å². The molecule has 0 radical (unpaired) electrons. The van der Waals surface area contributed by atoms with E-state index in [-0.39, 0.29) is 12.4 Å². The highest BCUT2D eigenvalue weighted by Gasteiger charge is 2.14. The standard InChI is InChI=1S/C17H22O4/c1-12-6-7-14(11-16(19)20-5)13(10-12)8-9-15(18)21-17(2,3)4/h6-10H,11H2,1-5H3/b9-8+. The molecule has 0 saturated heterocycles. The molecule has 1 aromatic rings. The maximum atomic E-state index is 11.7. The fraction of sp³-hybridized carbons (Fsp3) is 0.412. The Morgan fingerprint density at radius 1 is 1.24 bits per heavy atom. The number of ether oxygens (including phenoxy) is 2. The minimum absolute atomic E-state index is 0.171. The Balaban J connectivity index is 2.93. The summed E-state index contributed by atoms with van der Waals surface area (Å²) in [6.07, 6.45) is 3.21. The van der Waals surface area contributed by atoms with Crippen molar-refractivity contribution in [2.24, 2.45) is 0 Å². The number of aryl methyl sites for hydroxylation is 1. The Hall–Kier alpha value is -2.10. The third-order valence-electron chi connectivity index (χ3n) is 2.67. The molecule has 0 N–H and O–H groups in total. The Kier molecular flexibility index (Phi) is 5.70. The van der Waals surface area contributed by atoms with Gasteiger partial charge in [0, 0.05) is 6.08 Å². The average Bonchev–Trinajstić information content (AvgIpc) is 2.36. The molecule has 1 aromatic carbocycles. The van der Waals surface area contributed by atoms with E-state index in [1.165, 1.54) is 13.2 Å². The van der Waals surface area contributed by atoms with Crippen molar-refractivity contribution in [3.05, 3.63) is 41.0 Å². The lowest BCUT2D eigenvalue weighted by Gasteiger charge is -2.18. The molecule has 0 bridgehead atoms. The van der Waals surface area contributed by atoms with Gasteiger partial charge in [-0.2, -0.15) is 0 Å². The topological polar surface area (TPSA) is 52.6 Å². The molecule has 0 aromatic heterocycles. The normalized spacial score (nSPS) is 11.5. The summed E-state index contributed by atoms with van der Waals surface area (Å²) < 4.78 is 9.89. The summed E-state index contributed by atoms with van der Waals surface area (Å²) in [5.74, 6) is -0.723. The number of hydrogen-bond acceptors (Lipinski definition) is 4. The molecule has 4 nitrogen and oxygen atoms in total. The van der Waals surface area contributed by atoms with Crippen molar-refractivity contribution >= 4 is 18.0 Å². The molecule has 0 heterocycles. The SMILES string of the molecule is COC(=O)Cc1ccc(C)cc1/C=C/C(=O)OC(C)(C)C. The minimum Gasteiger partial charge on any atom is -0.469 e. The lowest BCUT2D eigenvalue weighted by molar-refractivity contribution is -0.148. The quantitative estimate of drug-likeness (QED) is 0.631. The third-order valence-corrected chi connectivity index (χ3v) is 2.67. The van der Waals surface area contributed by atoms with Gasteiger partial charge in [-0.3, -0.25) is 4.79 Å². The molecule has 0 fully saturated rings. The smallest absolute Gasteiger partial charge is 0.331 e. The first-order chi connectivity index (χ1) is 9.71. The van der Waals surface area contributed by atoms with E-state index in [2.05, 4.69) is 4.74 Å². The van der Waals surface area contributed by atoms with Gasteiger partial charge in [0.25, 0.3) is 0 Å². The first-order valence-electron chi connectivity index (χ1n) is 6.78. The van der Waals surface area contributed by atoms with E-state index in [0.717, 1.165) is 16.7 Å². The van der Waals surface area contributed by atoms with Crippen LogP contribution in [0.4, 0.5) is 0 Å². The van der Waals surface area contributed by atoms with Gasteiger partial charge in [-0.15, -0.1) is 0 Å². The van der Waals surface area contributed by atoms with Crippen LogP contribution in [-0.2, 0) is 25.5 Å². The summed E-state index contributed by atoms with van der Waals surface area (Å²) in [6, 6.07) is 5.70. The molecule has 0 saturated carbocycles. The molecule has 21 heavy (non-hydrogen) atoms. The Bertz CT molecular complexity index is 550. The first kappa shape index (κ1) is 17.0. The highest BCUT2D eigenvalue weighted by Crippen LogP contribution is 2.16. The zero-order chi connectivity index (χ0) is 16.0. The second-order valence-electron chi connectivity index (χ2n) is 5.82. The van der Waals surface area contributed by atoms with Crippen LogP contribution in [-0.4, -0.2) is 24.6 Å². The number of methoxy groups -OCH3 is 1. The van der Waals surface area contributed by atoms with E-state index in [1.54, 1.807) is 6.08 Å². The van der Waals surface area contributed by atoms with Crippen molar-refractivity contribution in [3.8, 4) is 0 Å². The van der Waals surface area contributed by atoms with E-state index < -0.39 is 11.6 Å². The maximum absolute atomic E-state index is 11.7. The molecule has 0 unspecified atom stereocenters. The number of rotatable bonds is 4. The monoisotopic (exact) mass is 290 g/mol. The van der Waals surface area contributed by atoms with Gasteiger partial charge in [-0.25, -0.2) is 4.79 Å². The predicted octanol–water partition coefficient (Wildman–Crippen LogP) is 3.07. The van der Waals surface area contributed by atoms with Crippen molar-refractivity contribution in [1.29, 1.82) is 0 Å². The van der Waals surface area contributed by atoms with E-state index >= 15 is 0 Å². The lowest BCUT2D eigenvalue weighted by Crippen LogP contribution is -2.22. The summed E-state index contributed by atoms with van der Waals surface area (Å²) in [7, 11) is 1.35. The Morgan fingerprint density at radius 2 is 1.90 bits per heavy atom. The van der Waals surface area contributed by atoms with Gasteiger partial charge in [-0.1, -0.05) is 23.8 Å². The average molecular weight is 290 g/mol. The van der Waals surface area contributed by atoms with E-state index in [0.29, 0.717) is 0 Å². The largest absolute Gasteiger partial charge is 0.469 e. The fourth-order valence-corrected chi connectivity index (χ4v) is 1.75. The zero-order valence-corrected chi connectivity index (χ0v) is 13.2. The van der Waals surface area contributed by atoms with Crippen molar-refractivity contribution in [3.63, 3.8) is 0 Å². The number of esters is 2. The Morgan fingerprint density at radius 3 is 2.48 bits per heavy atom. The van der Waals surface area contributed by atoms with Crippen LogP contribution >= 0.6 is 0 Å². The lowest BCUT2D eigenvalue weighted by atomic mass is 10.0. The van der Waals surface area contributed by atoms with Gasteiger partial charge in [0.2, 0.25) is 0 Å². The second kappa shape index (κ2) is 7.07. The highest BCUT2D eigenvalue weighted by molar-refractivity contribution is 5.88. The van der Waals surface area contributed by atoms with Gasteiger partial charge in [0.1, 0.15) is 5.60 Å². The summed E-state index contributed by atoms with van der Waals surface area (Å²) >= 11 is 0. The second-order valence-corrected chi connectivity index (χ2v) is 5.82. The van der Waals surface area contributed by atoms with Crippen LogP contribution in [0, 0.1) is 6.92 Å². The van der Waals surface area contributed by atoms with Gasteiger partial charge in [0.05, 0.1) is 13.5 Å². The van der Waals surface area contributed by atoms with Crippen LogP contribution in [0.15, 0.2) is 24.3 Å². The number of benzene rings is 1. The number of carbonyl (C=O) groups excluding carboxylic acids is 2. The molecule has 0 amide bonds. The summed E-state index contributed by atoms with van der Waals surface area (Å²) in [5, 5.41) is 0. The van der Waals surface area contributed by atoms with Crippen LogP contribution in [0.25, 0.3) is 6.08 Å². The van der Waals surface area contributed by atoms with E-state index in [4.69, 9.17) is 4.74 Å². The summed E-state index contributed by atoms with van der Waals surface area (Å²) in [6.45, 7) is 7.39. The highest BCUT2D eigenvalue weighted by atomic mass is 16.6. The Labute approximate surface area is 125 Å². The molecule has 0 aliphatic heterocycles. The van der Waals surface area contributed by atoms with Crippen molar-refractivity contribution < 1.29 is 19.1 Å². The molecule has 0 spiro atoms. The molecule has 1 rings (SSSR count).